The molecule has 0 spiro atoms. The fraction of sp³-hybridized carbons (Fsp3) is 0.360. The minimum atomic E-state index is -0.422. The van der Waals surface area contributed by atoms with Crippen LogP contribution in [0.4, 0.5) is 5.69 Å². The Hall–Kier alpha value is -3.48. The average molecular weight is 430 g/mol. The van der Waals surface area contributed by atoms with Crippen molar-refractivity contribution in [3.8, 4) is 5.75 Å². The molecule has 2 bridgehead atoms. The molecule has 7 nitrogen and oxygen atoms in total. The zero-order chi connectivity index (χ0) is 22.1. The van der Waals surface area contributed by atoms with Gasteiger partial charge in [0.05, 0.1) is 23.2 Å². The van der Waals surface area contributed by atoms with Crippen LogP contribution >= 0.6 is 0 Å². The minimum Gasteiger partial charge on any atom is -0.427 e. The van der Waals surface area contributed by atoms with E-state index in [4.69, 9.17) is 9.57 Å². The fourth-order valence-electron chi connectivity index (χ4n) is 6.17. The van der Waals surface area contributed by atoms with Gasteiger partial charge in [0, 0.05) is 18.8 Å². The number of anilines is 1. The van der Waals surface area contributed by atoms with Crippen molar-refractivity contribution in [3.63, 3.8) is 0 Å². The number of aryl methyl sites for hydroxylation is 1. The third-order valence-electron chi connectivity index (χ3n) is 7.39. The van der Waals surface area contributed by atoms with Crippen LogP contribution in [0.15, 0.2) is 53.7 Å². The highest BCUT2D eigenvalue weighted by molar-refractivity contribution is 6.23. The van der Waals surface area contributed by atoms with Gasteiger partial charge in [0.25, 0.3) is 0 Å². The first kappa shape index (κ1) is 19.2. The number of imide groups is 1. The molecule has 2 amide bonds. The van der Waals surface area contributed by atoms with E-state index in [1.165, 1.54) is 17.4 Å². The molecule has 0 aromatic heterocycles. The zero-order valence-corrected chi connectivity index (χ0v) is 17.7. The molecule has 2 heterocycles. The summed E-state index contributed by atoms with van der Waals surface area (Å²) < 4.78 is 5.06. The largest absolute Gasteiger partial charge is 0.427 e. The monoisotopic (exact) mass is 430 g/mol. The second kappa shape index (κ2) is 6.76. The summed E-state index contributed by atoms with van der Waals surface area (Å²) in [5.74, 6) is -1.01. The summed E-state index contributed by atoms with van der Waals surface area (Å²) in [7, 11) is 0. The maximum Gasteiger partial charge on any atom is 0.308 e. The van der Waals surface area contributed by atoms with Crippen molar-refractivity contribution in [2.45, 2.75) is 26.4 Å². The minimum absolute atomic E-state index is 0.0107. The van der Waals surface area contributed by atoms with Crippen molar-refractivity contribution in [3.05, 3.63) is 59.7 Å². The number of nitrogens with zero attached hydrogens (tertiary/aromatic N) is 2. The van der Waals surface area contributed by atoms with Crippen LogP contribution < -0.4 is 9.64 Å². The van der Waals surface area contributed by atoms with E-state index in [0.29, 0.717) is 11.4 Å². The van der Waals surface area contributed by atoms with E-state index in [0.717, 1.165) is 17.7 Å². The van der Waals surface area contributed by atoms with E-state index in [-0.39, 0.29) is 47.5 Å². The van der Waals surface area contributed by atoms with Gasteiger partial charge >= 0.3 is 5.97 Å². The highest BCUT2D eigenvalue weighted by Crippen LogP contribution is 2.62. The van der Waals surface area contributed by atoms with Crippen LogP contribution in [0.3, 0.4) is 0 Å². The summed E-state index contributed by atoms with van der Waals surface area (Å²) in [5.41, 5.74) is 3.58. The fourth-order valence-corrected chi connectivity index (χ4v) is 6.17. The second-order valence-electron chi connectivity index (χ2n) is 9.15. The Morgan fingerprint density at radius 3 is 2.28 bits per heavy atom. The van der Waals surface area contributed by atoms with Crippen LogP contribution in [0.5, 0.6) is 5.75 Å². The summed E-state index contributed by atoms with van der Waals surface area (Å²) >= 11 is 0. The molecular weight excluding hydrogens is 408 g/mol. The third-order valence-corrected chi connectivity index (χ3v) is 7.39. The number of esters is 1. The Labute approximate surface area is 185 Å². The predicted octanol–water partition coefficient (Wildman–Crippen LogP) is 3.09. The summed E-state index contributed by atoms with van der Waals surface area (Å²) in [5, 5.41) is 4.39. The number of hydrogen-bond acceptors (Lipinski definition) is 6. The third kappa shape index (κ3) is 2.60. The molecule has 6 atom stereocenters. The zero-order valence-electron chi connectivity index (χ0n) is 17.7. The van der Waals surface area contributed by atoms with Crippen LogP contribution in [-0.2, 0) is 19.2 Å². The van der Waals surface area contributed by atoms with Gasteiger partial charge < -0.3 is 9.57 Å². The van der Waals surface area contributed by atoms with E-state index >= 15 is 0 Å². The van der Waals surface area contributed by atoms with Crippen molar-refractivity contribution in [2.75, 3.05) is 4.90 Å². The van der Waals surface area contributed by atoms with Crippen LogP contribution in [0.2, 0.25) is 0 Å². The topological polar surface area (TPSA) is 85.3 Å². The second-order valence-corrected chi connectivity index (χ2v) is 9.15. The number of carbonyl (C=O) groups is 3. The molecule has 0 radical (unpaired) electrons. The molecule has 0 N–H and O–H groups in total. The van der Waals surface area contributed by atoms with Crippen molar-refractivity contribution >= 4 is 29.2 Å². The SMILES string of the molecule is CC(=O)Oc1ccc(N2C(=O)[C@@H]3[C@H]4C[C@H]([C@@H]5ON=C(c6ccc(C)cc6)[C@H]45)[C@@H]3C2=O)cc1. The van der Waals surface area contributed by atoms with Crippen molar-refractivity contribution in [1.29, 1.82) is 0 Å². The standard InChI is InChI=1S/C25H22N2O5/c1-12-3-5-14(6-4-12)22-21-17-11-18(23(21)32-26-22)20-19(17)24(29)27(25(20)30)15-7-9-16(10-8-15)31-13(2)28/h3-10,17-21,23H,11H2,1-2H3/t17-,18+,19-,20+,21+,23+/m1/s1. The summed E-state index contributed by atoms with van der Waals surface area (Å²) in [6.07, 6.45) is 0.660. The van der Waals surface area contributed by atoms with Gasteiger partial charge in [-0.05, 0) is 49.1 Å². The maximum absolute atomic E-state index is 13.5. The van der Waals surface area contributed by atoms with Crippen molar-refractivity contribution in [1.82, 2.24) is 0 Å². The van der Waals surface area contributed by atoms with Gasteiger partial charge in [0.2, 0.25) is 11.8 Å². The maximum atomic E-state index is 13.5. The lowest BCUT2D eigenvalue weighted by atomic mass is 9.71. The number of benzene rings is 2. The number of hydrogen-bond donors (Lipinski definition) is 0. The van der Waals surface area contributed by atoms with Crippen LogP contribution in [-0.4, -0.2) is 29.6 Å². The Balaban J connectivity index is 1.29. The Morgan fingerprint density at radius 2 is 1.62 bits per heavy atom. The lowest BCUT2D eigenvalue weighted by Gasteiger charge is -2.29. The number of ether oxygens (including phenoxy) is 1. The predicted molar refractivity (Wildman–Crippen MR) is 115 cm³/mol. The number of oxime groups is 1. The number of carbonyl (C=O) groups excluding carboxylic acids is 3. The molecule has 162 valence electrons. The van der Waals surface area contributed by atoms with Crippen LogP contribution in [0.1, 0.15) is 24.5 Å². The van der Waals surface area contributed by atoms with Crippen LogP contribution in [0.25, 0.3) is 0 Å². The van der Waals surface area contributed by atoms with Crippen molar-refractivity contribution < 1.29 is 24.0 Å². The molecule has 2 aromatic carbocycles. The molecule has 6 rings (SSSR count). The Bertz CT molecular complexity index is 1170. The highest BCUT2D eigenvalue weighted by atomic mass is 16.6. The number of rotatable bonds is 3. The van der Waals surface area contributed by atoms with Gasteiger partial charge in [0.15, 0.2) is 0 Å². The smallest absolute Gasteiger partial charge is 0.308 e. The van der Waals surface area contributed by atoms with Gasteiger partial charge in [-0.25, -0.2) is 0 Å². The molecule has 1 saturated heterocycles. The summed E-state index contributed by atoms with van der Waals surface area (Å²) in [4.78, 5) is 45.1. The number of fused-ring (bicyclic) bond motifs is 8. The van der Waals surface area contributed by atoms with Crippen molar-refractivity contribution in [2.24, 2.45) is 34.7 Å². The first-order chi connectivity index (χ1) is 15.4. The van der Waals surface area contributed by atoms with Gasteiger partial charge in [-0.1, -0.05) is 35.0 Å². The van der Waals surface area contributed by atoms with Gasteiger partial charge in [-0.15, -0.1) is 0 Å². The highest BCUT2D eigenvalue weighted by Gasteiger charge is 2.70. The number of amides is 2. The summed E-state index contributed by atoms with van der Waals surface area (Å²) in [6.45, 7) is 3.36. The van der Waals surface area contributed by atoms with E-state index in [1.54, 1.807) is 24.3 Å². The van der Waals surface area contributed by atoms with E-state index < -0.39 is 5.97 Å². The first-order valence-corrected chi connectivity index (χ1v) is 10.9. The summed E-state index contributed by atoms with van der Waals surface area (Å²) in [6, 6.07) is 14.7. The molecule has 3 fully saturated rings. The molecule has 2 saturated carbocycles. The molecule has 4 aliphatic rings. The van der Waals surface area contributed by atoms with E-state index in [9.17, 15) is 14.4 Å². The Morgan fingerprint density at radius 1 is 0.969 bits per heavy atom. The lowest BCUT2D eigenvalue weighted by molar-refractivity contribution is -0.132. The molecular formula is C25H22N2O5. The van der Waals surface area contributed by atoms with E-state index in [2.05, 4.69) is 5.16 Å². The molecule has 7 heteroatoms. The van der Waals surface area contributed by atoms with E-state index in [1.807, 2.05) is 31.2 Å². The molecule has 0 unspecified atom stereocenters. The van der Waals surface area contributed by atoms with Gasteiger partial charge in [0.1, 0.15) is 11.9 Å². The quantitative estimate of drug-likeness (QED) is 0.424. The van der Waals surface area contributed by atoms with Gasteiger partial charge in [-0.2, -0.15) is 0 Å². The normalized spacial score (nSPS) is 31.9. The lowest BCUT2D eigenvalue weighted by Crippen LogP contribution is -2.41. The first-order valence-electron chi connectivity index (χ1n) is 10.9. The molecule has 2 aliphatic heterocycles. The van der Waals surface area contributed by atoms with Gasteiger partial charge in [-0.3, -0.25) is 19.3 Å². The molecule has 32 heavy (non-hydrogen) atoms. The van der Waals surface area contributed by atoms with Crippen LogP contribution in [0, 0.1) is 36.5 Å². The Kier molecular flexibility index (Phi) is 4.06. The average Bonchev–Trinajstić information content (AvgIpc) is 3.50. The molecule has 2 aliphatic carbocycles. The molecule has 2 aromatic rings.